The molecule has 2 rings (SSSR count). The van der Waals surface area contributed by atoms with Gasteiger partial charge in [0.05, 0.1) is 5.69 Å². The summed E-state index contributed by atoms with van der Waals surface area (Å²) in [7, 11) is 0. The third kappa shape index (κ3) is 3.59. The number of nitrogens with zero attached hydrogens (tertiary/aromatic N) is 4. The summed E-state index contributed by atoms with van der Waals surface area (Å²) in [5, 5.41) is 14.3. The highest BCUT2D eigenvalue weighted by atomic mass is 16.1. The average Bonchev–Trinajstić information content (AvgIpc) is 2.92. The van der Waals surface area contributed by atoms with Gasteiger partial charge in [0.1, 0.15) is 6.33 Å². The molecule has 1 amide bonds. The third-order valence-corrected chi connectivity index (χ3v) is 2.81. The maximum absolute atomic E-state index is 10.7. The van der Waals surface area contributed by atoms with Crippen LogP contribution in [0.15, 0.2) is 30.6 Å². The Bertz CT molecular complexity index is 539. The molecule has 7 heteroatoms. The molecule has 19 heavy (non-hydrogen) atoms. The van der Waals surface area contributed by atoms with Crippen LogP contribution in [0.5, 0.6) is 0 Å². The number of primary amides is 1. The number of amides is 1. The van der Waals surface area contributed by atoms with Gasteiger partial charge in [-0.1, -0.05) is 12.1 Å². The molecule has 0 bridgehead atoms. The van der Waals surface area contributed by atoms with E-state index < -0.39 is 0 Å². The van der Waals surface area contributed by atoms with Crippen LogP contribution in [0.25, 0.3) is 5.69 Å². The topological polar surface area (TPSA) is 98.7 Å². The zero-order valence-electron chi connectivity index (χ0n) is 10.7. The van der Waals surface area contributed by atoms with Gasteiger partial charge in [0, 0.05) is 19.0 Å². The quantitative estimate of drug-likeness (QED) is 0.772. The third-order valence-electron chi connectivity index (χ3n) is 2.81. The number of benzene rings is 1. The van der Waals surface area contributed by atoms with Crippen LogP contribution in [0.2, 0.25) is 0 Å². The van der Waals surface area contributed by atoms with E-state index in [0.717, 1.165) is 11.3 Å². The number of hydrogen-bond donors (Lipinski definition) is 2. The molecule has 1 aromatic carbocycles. The lowest BCUT2D eigenvalue weighted by molar-refractivity contribution is -0.117. The van der Waals surface area contributed by atoms with Crippen molar-refractivity contribution in [2.24, 2.45) is 5.73 Å². The molecule has 3 N–H and O–H groups in total. The van der Waals surface area contributed by atoms with Crippen molar-refractivity contribution in [1.29, 1.82) is 0 Å². The minimum Gasteiger partial charge on any atom is -0.370 e. The molecule has 0 fully saturated rings. The highest BCUT2D eigenvalue weighted by Crippen LogP contribution is 2.15. The second-order valence-electron chi connectivity index (χ2n) is 4.24. The van der Waals surface area contributed by atoms with Crippen LogP contribution in [0.1, 0.15) is 24.9 Å². The van der Waals surface area contributed by atoms with Crippen molar-refractivity contribution in [3.8, 4) is 5.69 Å². The molecule has 7 nitrogen and oxygen atoms in total. The van der Waals surface area contributed by atoms with Crippen molar-refractivity contribution >= 4 is 5.91 Å². The van der Waals surface area contributed by atoms with E-state index in [0.29, 0.717) is 13.0 Å². The van der Waals surface area contributed by atoms with Crippen LogP contribution in [-0.2, 0) is 4.79 Å². The molecular weight excluding hydrogens is 244 g/mol. The number of carbonyl (C=O) groups is 1. The van der Waals surface area contributed by atoms with E-state index in [1.807, 2.05) is 31.2 Å². The molecular formula is C12H16N6O. The van der Waals surface area contributed by atoms with Crippen molar-refractivity contribution in [1.82, 2.24) is 25.5 Å². The van der Waals surface area contributed by atoms with Gasteiger partial charge in [-0.2, -0.15) is 0 Å². The van der Waals surface area contributed by atoms with Gasteiger partial charge in [0.25, 0.3) is 0 Å². The smallest absolute Gasteiger partial charge is 0.218 e. The van der Waals surface area contributed by atoms with Crippen LogP contribution in [0, 0.1) is 0 Å². The van der Waals surface area contributed by atoms with Gasteiger partial charge >= 0.3 is 0 Å². The van der Waals surface area contributed by atoms with Crippen LogP contribution >= 0.6 is 0 Å². The molecule has 0 spiro atoms. The van der Waals surface area contributed by atoms with Gasteiger partial charge in [-0.05, 0) is 35.0 Å². The lowest BCUT2D eigenvalue weighted by atomic mass is 10.1. The summed E-state index contributed by atoms with van der Waals surface area (Å²) in [6.07, 6.45) is 1.88. The molecule has 1 unspecified atom stereocenters. The lowest BCUT2D eigenvalue weighted by Crippen LogP contribution is -2.24. The van der Waals surface area contributed by atoms with E-state index in [-0.39, 0.29) is 11.9 Å². The number of aromatic nitrogens is 4. The van der Waals surface area contributed by atoms with E-state index in [9.17, 15) is 4.79 Å². The second-order valence-corrected chi connectivity index (χ2v) is 4.24. The molecule has 1 aromatic heterocycles. The van der Waals surface area contributed by atoms with E-state index >= 15 is 0 Å². The van der Waals surface area contributed by atoms with Crippen LogP contribution in [0.4, 0.5) is 0 Å². The standard InChI is InChI=1S/C12H16N6O/c1-9(14-6-5-12(13)19)10-3-2-4-11(7-10)18-8-15-16-17-18/h2-4,7-9,14H,5-6H2,1H3,(H2,13,19). The Morgan fingerprint density at radius 1 is 1.53 bits per heavy atom. The predicted octanol–water partition coefficient (Wildman–Crippen LogP) is 0.188. The predicted molar refractivity (Wildman–Crippen MR) is 69.4 cm³/mol. The molecule has 0 aliphatic carbocycles. The summed E-state index contributed by atoms with van der Waals surface area (Å²) in [5.41, 5.74) is 7.09. The Kier molecular flexibility index (Phi) is 4.19. The van der Waals surface area contributed by atoms with Gasteiger partial charge in [0.15, 0.2) is 0 Å². The molecule has 2 aromatic rings. The Balaban J connectivity index is 2.04. The number of rotatable bonds is 6. The van der Waals surface area contributed by atoms with E-state index in [4.69, 9.17) is 5.73 Å². The van der Waals surface area contributed by atoms with Crippen molar-refractivity contribution in [2.75, 3.05) is 6.54 Å². The van der Waals surface area contributed by atoms with E-state index in [2.05, 4.69) is 20.8 Å². The maximum Gasteiger partial charge on any atom is 0.218 e. The lowest BCUT2D eigenvalue weighted by Gasteiger charge is -2.14. The van der Waals surface area contributed by atoms with Crippen LogP contribution in [-0.4, -0.2) is 32.7 Å². The molecule has 100 valence electrons. The van der Waals surface area contributed by atoms with E-state index in [1.54, 1.807) is 11.0 Å². The Morgan fingerprint density at radius 2 is 2.37 bits per heavy atom. The molecule has 0 saturated carbocycles. The van der Waals surface area contributed by atoms with Crippen LogP contribution in [0.3, 0.4) is 0 Å². The number of hydrogen-bond acceptors (Lipinski definition) is 5. The summed E-state index contributed by atoms with van der Waals surface area (Å²) in [5.74, 6) is -0.304. The SMILES string of the molecule is CC(NCCC(N)=O)c1cccc(-n2cnnn2)c1. The molecule has 0 aliphatic rings. The number of tetrazole rings is 1. The zero-order chi connectivity index (χ0) is 13.7. The molecule has 1 atom stereocenters. The second kappa shape index (κ2) is 6.05. The fraction of sp³-hybridized carbons (Fsp3) is 0.333. The summed E-state index contributed by atoms with van der Waals surface area (Å²) in [6, 6.07) is 8.00. The van der Waals surface area contributed by atoms with Gasteiger partial charge in [-0.25, -0.2) is 4.68 Å². The number of carbonyl (C=O) groups excluding carboxylic acids is 1. The van der Waals surface area contributed by atoms with Crippen molar-refractivity contribution < 1.29 is 4.79 Å². The normalized spacial score (nSPS) is 12.3. The summed E-state index contributed by atoms with van der Waals surface area (Å²) >= 11 is 0. The van der Waals surface area contributed by atoms with Crippen LogP contribution < -0.4 is 11.1 Å². The van der Waals surface area contributed by atoms with Gasteiger partial charge in [0.2, 0.25) is 5.91 Å². The summed E-state index contributed by atoms with van der Waals surface area (Å²) in [6.45, 7) is 2.59. The zero-order valence-corrected chi connectivity index (χ0v) is 10.7. The highest BCUT2D eigenvalue weighted by Gasteiger charge is 2.07. The number of nitrogens with one attached hydrogen (secondary N) is 1. The first-order valence-corrected chi connectivity index (χ1v) is 6.02. The molecule has 1 heterocycles. The largest absolute Gasteiger partial charge is 0.370 e. The monoisotopic (exact) mass is 260 g/mol. The Labute approximate surface area is 110 Å². The van der Waals surface area contributed by atoms with Crippen molar-refractivity contribution in [3.05, 3.63) is 36.2 Å². The first-order valence-electron chi connectivity index (χ1n) is 6.02. The molecule has 0 aliphatic heterocycles. The summed E-state index contributed by atoms with van der Waals surface area (Å²) in [4.78, 5) is 10.7. The van der Waals surface area contributed by atoms with Gasteiger partial charge in [-0.3, -0.25) is 4.79 Å². The van der Waals surface area contributed by atoms with Gasteiger partial charge in [-0.15, -0.1) is 5.10 Å². The Morgan fingerprint density at radius 3 is 3.05 bits per heavy atom. The molecule has 0 saturated heterocycles. The fourth-order valence-corrected chi connectivity index (χ4v) is 1.75. The van der Waals surface area contributed by atoms with Gasteiger partial charge < -0.3 is 11.1 Å². The first-order chi connectivity index (χ1) is 9.16. The maximum atomic E-state index is 10.7. The first kappa shape index (κ1) is 13.2. The van der Waals surface area contributed by atoms with Crippen molar-refractivity contribution in [3.63, 3.8) is 0 Å². The number of nitrogens with two attached hydrogens (primary N) is 1. The Hall–Kier alpha value is -2.28. The van der Waals surface area contributed by atoms with Crippen molar-refractivity contribution in [2.45, 2.75) is 19.4 Å². The minimum atomic E-state index is -0.304. The minimum absolute atomic E-state index is 0.121. The summed E-state index contributed by atoms with van der Waals surface area (Å²) < 4.78 is 1.60. The fourth-order valence-electron chi connectivity index (χ4n) is 1.75. The highest BCUT2D eigenvalue weighted by molar-refractivity contribution is 5.73. The average molecular weight is 260 g/mol. The van der Waals surface area contributed by atoms with E-state index in [1.165, 1.54) is 0 Å². The molecule has 0 radical (unpaired) electrons.